The van der Waals surface area contributed by atoms with Gasteiger partial charge < -0.3 is 4.48 Å². The molecule has 0 aromatic carbocycles. The SMILES string of the molecule is CC1CCCC(C)[N+]2(CCCCC2)C1. The summed E-state index contributed by atoms with van der Waals surface area (Å²) in [7, 11) is 0. The minimum atomic E-state index is 0.945. The highest BCUT2D eigenvalue weighted by Gasteiger charge is 2.38. The predicted octanol–water partition coefficient (Wildman–Crippen LogP) is 3.20. The standard InChI is InChI=1S/C13H26N/c1-12-7-6-8-13(2)14(11-12)9-4-3-5-10-14/h12-13H,3-11H2,1-2H3/q+1. The van der Waals surface area contributed by atoms with Gasteiger partial charge in [-0.05, 0) is 45.4 Å². The first-order chi connectivity index (χ1) is 6.73. The predicted molar refractivity (Wildman–Crippen MR) is 61.2 cm³/mol. The quantitative estimate of drug-likeness (QED) is 0.522. The molecule has 2 saturated heterocycles. The number of rotatable bonds is 0. The number of quaternary nitrogens is 1. The fourth-order valence-electron chi connectivity index (χ4n) is 3.69. The molecule has 2 fully saturated rings. The Hall–Kier alpha value is -0.0400. The molecule has 2 aliphatic heterocycles. The van der Waals surface area contributed by atoms with E-state index in [2.05, 4.69) is 13.8 Å². The third kappa shape index (κ3) is 1.98. The van der Waals surface area contributed by atoms with E-state index in [1.165, 1.54) is 62.6 Å². The van der Waals surface area contributed by atoms with Crippen LogP contribution in [0.3, 0.4) is 0 Å². The third-order valence-corrected chi connectivity index (χ3v) is 4.64. The molecule has 0 radical (unpaired) electrons. The Balaban J connectivity index is 2.10. The molecule has 82 valence electrons. The van der Waals surface area contributed by atoms with Crippen molar-refractivity contribution in [1.29, 1.82) is 0 Å². The Bertz CT molecular complexity index is 182. The average molecular weight is 196 g/mol. The van der Waals surface area contributed by atoms with Gasteiger partial charge in [-0.2, -0.15) is 0 Å². The summed E-state index contributed by atoms with van der Waals surface area (Å²) < 4.78 is 1.47. The zero-order valence-corrected chi connectivity index (χ0v) is 9.97. The van der Waals surface area contributed by atoms with Crippen molar-refractivity contribution in [3.05, 3.63) is 0 Å². The highest BCUT2D eigenvalue weighted by atomic mass is 15.4. The molecule has 0 aromatic rings. The summed E-state index contributed by atoms with van der Waals surface area (Å²) >= 11 is 0. The van der Waals surface area contributed by atoms with Crippen LogP contribution < -0.4 is 0 Å². The van der Waals surface area contributed by atoms with Crippen molar-refractivity contribution >= 4 is 0 Å². The van der Waals surface area contributed by atoms with Crippen molar-refractivity contribution in [2.24, 2.45) is 5.92 Å². The van der Waals surface area contributed by atoms with E-state index in [9.17, 15) is 0 Å². The monoisotopic (exact) mass is 196 g/mol. The van der Waals surface area contributed by atoms with Gasteiger partial charge in [-0.3, -0.25) is 0 Å². The van der Waals surface area contributed by atoms with Gasteiger partial charge in [0.2, 0.25) is 0 Å². The molecule has 1 spiro atoms. The van der Waals surface area contributed by atoms with Crippen LogP contribution in [0.5, 0.6) is 0 Å². The number of piperidine rings is 1. The first-order valence-electron chi connectivity index (χ1n) is 6.59. The second kappa shape index (κ2) is 4.22. The second-order valence-corrected chi connectivity index (χ2v) is 5.79. The van der Waals surface area contributed by atoms with Crippen LogP contribution in [0.25, 0.3) is 0 Å². The number of hydrogen-bond acceptors (Lipinski definition) is 0. The van der Waals surface area contributed by atoms with Gasteiger partial charge in [0.25, 0.3) is 0 Å². The van der Waals surface area contributed by atoms with Gasteiger partial charge in [-0.1, -0.05) is 6.92 Å². The normalized spacial score (nSPS) is 38.1. The van der Waals surface area contributed by atoms with Gasteiger partial charge >= 0.3 is 0 Å². The summed E-state index contributed by atoms with van der Waals surface area (Å²) in [5.74, 6) is 0.970. The minimum Gasteiger partial charge on any atom is -0.321 e. The maximum absolute atomic E-state index is 2.50. The number of hydrogen-bond donors (Lipinski definition) is 0. The lowest BCUT2D eigenvalue weighted by atomic mass is 10.0. The van der Waals surface area contributed by atoms with E-state index >= 15 is 0 Å². The topological polar surface area (TPSA) is 0 Å². The molecule has 2 heterocycles. The van der Waals surface area contributed by atoms with Gasteiger partial charge in [0, 0.05) is 5.92 Å². The van der Waals surface area contributed by atoms with Gasteiger partial charge in [-0.15, -0.1) is 0 Å². The fourth-order valence-corrected chi connectivity index (χ4v) is 3.69. The van der Waals surface area contributed by atoms with Crippen LogP contribution in [0, 0.1) is 5.92 Å². The Labute approximate surface area is 89.1 Å². The van der Waals surface area contributed by atoms with Crippen LogP contribution >= 0.6 is 0 Å². The molecule has 0 saturated carbocycles. The molecule has 0 amide bonds. The van der Waals surface area contributed by atoms with Crippen LogP contribution in [-0.2, 0) is 0 Å². The second-order valence-electron chi connectivity index (χ2n) is 5.79. The molecule has 2 aliphatic rings. The third-order valence-electron chi connectivity index (χ3n) is 4.64. The molecule has 0 aliphatic carbocycles. The Morgan fingerprint density at radius 2 is 1.57 bits per heavy atom. The summed E-state index contributed by atoms with van der Waals surface area (Å²) in [4.78, 5) is 0. The van der Waals surface area contributed by atoms with Crippen LogP contribution in [0.15, 0.2) is 0 Å². The lowest BCUT2D eigenvalue weighted by molar-refractivity contribution is -0.955. The van der Waals surface area contributed by atoms with Crippen LogP contribution in [0.1, 0.15) is 52.4 Å². The largest absolute Gasteiger partial charge is 0.321 e. The molecule has 0 aromatic heterocycles. The summed E-state index contributed by atoms with van der Waals surface area (Å²) in [5.41, 5.74) is 0. The minimum absolute atomic E-state index is 0.945. The Kier molecular flexibility index (Phi) is 3.16. The molecule has 2 rings (SSSR count). The molecule has 0 bridgehead atoms. The maximum atomic E-state index is 2.50. The first-order valence-corrected chi connectivity index (χ1v) is 6.59. The van der Waals surface area contributed by atoms with Gasteiger partial charge in [0.15, 0.2) is 0 Å². The summed E-state index contributed by atoms with van der Waals surface area (Å²) in [5, 5.41) is 0. The van der Waals surface area contributed by atoms with Gasteiger partial charge in [0.05, 0.1) is 25.7 Å². The van der Waals surface area contributed by atoms with Crippen molar-refractivity contribution in [2.45, 2.75) is 58.4 Å². The highest BCUT2D eigenvalue weighted by molar-refractivity contribution is 4.68. The summed E-state index contributed by atoms with van der Waals surface area (Å²) in [6.07, 6.45) is 8.88. The van der Waals surface area contributed by atoms with Gasteiger partial charge in [-0.25, -0.2) is 0 Å². The van der Waals surface area contributed by atoms with Crippen LogP contribution in [0.2, 0.25) is 0 Å². The van der Waals surface area contributed by atoms with E-state index in [1.54, 1.807) is 0 Å². The first kappa shape index (κ1) is 10.5. The maximum Gasteiger partial charge on any atom is 0.0861 e. The summed E-state index contributed by atoms with van der Waals surface area (Å²) in [6, 6.07) is 0.945. The smallest absolute Gasteiger partial charge is 0.0861 e. The zero-order chi connectivity index (χ0) is 10.0. The number of nitrogens with zero attached hydrogens (tertiary/aromatic N) is 1. The van der Waals surface area contributed by atoms with Crippen molar-refractivity contribution in [3.8, 4) is 0 Å². The van der Waals surface area contributed by atoms with E-state index in [0.717, 1.165) is 12.0 Å². The molecule has 1 nitrogen and oxygen atoms in total. The van der Waals surface area contributed by atoms with E-state index in [4.69, 9.17) is 0 Å². The molecule has 2 atom stereocenters. The summed E-state index contributed by atoms with van der Waals surface area (Å²) in [6.45, 7) is 9.40. The average Bonchev–Trinajstić information content (AvgIpc) is 2.29. The van der Waals surface area contributed by atoms with Crippen LogP contribution in [-0.4, -0.2) is 30.2 Å². The van der Waals surface area contributed by atoms with Crippen LogP contribution in [0.4, 0.5) is 0 Å². The Morgan fingerprint density at radius 3 is 2.29 bits per heavy atom. The molecular weight excluding hydrogens is 170 g/mol. The lowest BCUT2D eigenvalue weighted by Crippen LogP contribution is -2.57. The van der Waals surface area contributed by atoms with Crippen molar-refractivity contribution in [1.82, 2.24) is 0 Å². The van der Waals surface area contributed by atoms with E-state index in [1.807, 2.05) is 0 Å². The van der Waals surface area contributed by atoms with Crippen molar-refractivity contribution < 1.29 is 4.48 Å². The Morgan fingerprint density at radius 1 is 0.857 bits per heavy atom. The fraction of sp³-hybridized carbons (Fsp3) is 1.00. The van der Waals surface area contributed by atoms with Crippen molar-refractivity contribution in [3.63, 3.8) is 0 Å². The molecule has 0 N–H and O–H groups in total. The highest BCUT2D eigenvalue weighted by Crippen LogP contribution is 2.31. The molecule has 1 heteroatoms. The molecule has 14 heavy (non-hydrogen) atoms. The van der Waals surface area contributed by atoms with Gasteiger partial charge in [0.1, 0.15) is 0 Å². The van der Waals surface area contributed by atoms with Crippen molar-refractivity contribution in [2.75, 3.05) is 19.6 Å². The lowest BCUT2D eigenvalue weighted by Gasteiger charge is -2.46. The molecule has 2 unspecified atom stereocenters. The van der Waals surface area contributed by atoms with E-state index in [0.29, 0.717) is 0 Å². The molecular formula is C13H26N+. The zero-order valence-electron chi connectivity index (χ0n) is 9.97. The van der Waals surface area contributed by atoms with E-state index < -0.39 is 0 Å². The van der Waals surface area contributed by atoms with E-state index in [-0.39, 0.29) is 0 Å².